The Morgan fingerprint density at radius 3 is 2.19 bits per heavy atom. The van der Waals surface area contributed by atoms with Crippen LogP contribution in [-0.4, -0.2) is 8.42 Å². The zero-order valence-corrected chi connectivity index (χ0v) is 17.2. The lowest BCUT2D eigenvalue weighted by molar-refractivity contribution is 0.590. The monoisotopic (exact) mass is 399 g/mol. The van der Waals surface area contributed by atoms with E-state index in [2.05, 4.69) is 0 Å². The van der Waals surface area contributed by atoms with Crippen LogP contribution in [0.3, 0.4) is 0 Å². The first kappa shape index (κ1) is 19.5. The summed E-state index contributed by atoms with van der Waals surface area (Å²) in [6.07, 6.45) is 0. The second kappa shape index (κ2) is 7.75. The topological polar surface area (TPSA) is 37.4 Å². The molecule has 0 aliphatic carbocycles. The number of rotatable bonds is 5. The van der Waals surface area contributed by atoms with Gasteiger partial charge < -0.3 is 0 Å². The number of nitrogens with zero attached hydrogens (tertiary/aromatic N) is 1. The lowest BCUT2D eigenvalue weighted by atomic mass is 10.1. The number of anilines is 1. The van der Waals surface area contributed by atoms with Crippen molar-refractivity contribution in [3.05, 3.63) is 94.0 Å². The highest BCUT2D eigenvalue weighted by atomic mass is 35.5. The van der Waals surface area contributed by atoms with Crippen LogP contribution in [0.15, 0.2) is 71.6 Å². The summed E-state index contributed by atoms with van der Waals surface area (Å²) in [5.74, 6) is 0. The van der Waals surface area contributed by atoms with Gasteiger partial charge in [-0.25, -0.2) is 8.42 Å². The van der Waals surface area contributed by atoms with Gasteiger partial charge in [0.15, 0.2) is 0 Å². The molecule has 0 saturated carbocycles. The maximum Gasteiger partial charge on any atom is 0.264 e. The first-order valence-corrected chi connectivity index (χ1v) is 10.5. The van der Waals surface area contributed by atoms with Crippen molar-refractivity contribution in [2.24, 2.45) is 0 Å². The van der Waals surface area contributed by atoms with Gasteiger partial charge in [0.25, 0.3) is 10.0 Å². The van der Waals surface area contributed by atoms with E-state index in [1.165, 1.54) is 4.31 Å². The first-order valence-electron chi connectivity index (χ1n) is 8.70. The summed E-state index contributed by atoms with van der Waals surface area (Å²) in [7, 11) is -3.75. The molecule has 0 radical (unpaired) electrons. The molecule has 0 atom stereocenters. The molecule has 0 unspecified atom stereocenters. The lowest BCUT2D eigenvalue weighted by Crippen LogP contribution is -2.31. The van der Waals surface area contributed by atoms with Crippen LogP contribution in [0.2, 0.25) is 5.02 Å². The van der Waals surface area contributed by atoms with Gasteiger partial charge in [0.05, 0.1) is 17.1 Å². The summed E-state index contributed by atoms with van der Waals surface area (Å²) in [5, 5.41) is 0.548. The number of aryl methyl sites for hydroxylation is 2. The minimum atomic E-state index is -3.75. The standard InChI is InChI=1S/C22H22ClNO2S/c1-16-11-13-20(14-12-16)27(25,26)24(15-19-8-4-5-9-21(19)23)22-10-6-7-17(2)18(22)3/h4-14H,15H2,1-3H3. The van der Waals surface area contributed by atoms with E-state index in [-0.39, 0.29) is 11.4 Å². The number of hydrogen-bond acceptors (Lipinski definition) is 2. The molecule has 0 bridgehead atoms. The van der Waals surface area contributed by atoms with Crippen molar-refractivity contribution in [2.75, 3.05) is 4.31 Å². The van der Waals surface area contributed by atoms with Gasteiger partial charge in [-0.1, -0.05) is 59.6 Å². The van der Waals surface area contributed by atoms with Gasteiger partial charge in [-0.05, 0) is 61.7 Å². The molecule has 0 spiro atoms. The highest BCUT2D eigenvalue weighted by Gasteiger charge is 2.27. The quantitative estimate of drug-likeness (QED) is 0.555. The third-order valence-corrected chi connectivity index (χ3v) is 6.87. The van der Waals surface area contributed by atoms with Crippen molar-refractivity contribution in [1.29, 1.82) is 0 Å². The third-order valence-electron chi connectivity index (χ3n) is 4.73. The molecule has 0 heterocycles. The Balaban J connectivity index is 2.16. The van der Waals surface area contributed by atoms with E-state index >= 15 is 0 Å². The van der Waals surface area contributed by atoms with Crippen molar-refractivity contribution in [2.45, 2.75) is 32.2 Å². The molecule has 3 nitrogen and oxygen atoms in total. The van der Waals surface area contributed by atoms with Gasteiger partial charge in [0.2, 0.25) is 0 Å². The summed E-state index contributed by atoms with van der Waals surface area (Å²) < 4.78 is 28.5. The Hall–Kier alpha value is -2.30. The Morgan fingerprint density at radius 1 is 0.852 bits per heavy atom. The summed E-state index contributed by atoms with van der Waals surface area (Å²) in [5.41, 5.74) is 4.40. The average Bonchev–Trinajstić information content (AvgIpc) is 2.64. The summed E-state index contributed by atoms with van der Waals surface area (Å²) in [6.45, 7) is 6.02. The molecule has 0 aromatic heterocycles. The Labute approximate surface area is 166 Å². The van der Waals surface area contributed by atoms with Crippen molar-refractivity contribution >= 4 is 27.3 Å². The first-order chi connectivity index (χ1) is 12.8. The molecule has 0 amide bonds. The fourth-order valence-electron chi connectivity index (χ4n) is 2.92. The van der Waals surface area contributed by atoms with Crippen molar-refractivity contribution in [3.63, 3.8) is 0 Å². The van der Waals surface area contributed by atoms with E-state index in [0.717, 1.165) is 22.3 Å². The normalized spacial score (nSPS) is 11.4. The van der Waals surface area contributed by atoms with Gasteiger partial charge in [-0.15, -0.1) is 0 Å². The Morgan fingerprint density at radius 2 is 1.52 bits per heavy atom. The minimum absolute atomic E-state index is 0.167. The molecule has 0 aliphatic heterocycles. The number of sulfonamides is 1. The molecule has 3 aromatic carbocycles. The Kier molecular flexibility index (Phi) is 5.59. The van der Waals surface area contributed by atoms with E-state index in [1.807, 2.05) is 69.3 Å². The maximum absolute atomic E-state index is 13.5. The SMILES string of the molecule is Cc1ccc(S(=O)(=O)N(Cc2ccccc2Cl)c2cccc(C)c2C)cc1. The van der Waals surface area contributed by atoms with Gasteiger partial charge >= 0.3 is 0 Å². The summed E-state index contributed by atoms with van der Waals surface area (Å²) in [4.78, 5) is 0.265. The zero-order chi connectivity index (χ0) is 19.6. The largest absolute Gasteiger partial charge is 0.264 e. The fourth-order valence-corrected chi connectivity index (χ4v) is 4.62. The van der Waals surface area contributed by atoms with Gasteiger partial charge in [-0.2, -0.15) is 0 Å². The second-order valence-corrected chi connectivity index (χ2v) is 8.90. The molecule has 3 rings (SSSR count). The number of hydrogen-bond donors (Lipinski definition) is 0. The smallest absolute Gasteiger partial charge is 0.262 e. The molecule has 0 N–H and O–H groups in total. The van der Waals surface area contributed by atoms with Crippen LogP contribution >= 0.6 is 11.6 Å². The summed E-state index contributed by atoms with van der Waals surface area (Å²) in [6, 6.07) is 19.9. The van der Waals surface area contributed by atoms with Crippen LogP contribution in [0.5, 0.6) is 0 Å². The van der Waals surface area contributed by atoms with Gasteiger partial charge in [-0.3, -0.25) is 4.31 Å². The van der Waals surface area contributed by atoms with Crippen LogP contribution in [0.1, 0.15) is 22.3 Å². The highest BCUT2D eigenvalue weighted by molar-refractivity contribution is 7.92. The van der Waals surface area contributed by atoms with Gasteiger partial charge in [0.1, 0.15) is 0 Å². The van der Waals surface area contributed by atoms with Gasteiger partial charge in [0, 0.05) is 5.02 Å². The molecule has 0 saturated heterocycles. The molecular formula is C22H22ClNO2S. The molecule has 0 aliphatic rings. The highest BCUT2D eigenvalue weighted by Crippen LogP contribution is 2.31. The van der Waals surface area contributed by atoms with Crippen molar-refractivity contribution < 1.29 is 8.42 Å². The minimum Gasteiger partial charge on any atom is -0.262 e. The van der Waals surface area contributed by atoms with Crippen molar-refractivity contribution in [3.8, 4) is 0 Å². The van der Waals surface area contributed by atoms with E-state index in [4.69, 9.17) is 11.6 Å². The molecule has 5 heteroatoms. The predicted octanol–water partition coefficient (Wildman–Crippen LogP) is 5.66. The maximum atomic E-state index is 13.5. The number of benzene rings is 3. The average molecular weight is 400 g/mol. The van der Waals surface area contributed by atoms with E-state index in [1.54, 1.807) is 18.2 Å². The molecule has 3 aromatic rings. The molecular weight excluding hydrogens is 378 g/mol. The number of halogens is 1. The summed E-state index contributed by atoms with van der Waals surface area (Å²) >= 11 is 6.32. The molecule has 27 heavy (non-hydrogen) atoms. The molecule has 0 fully saturated rings. The molecule has 140 valence electrons. The van der Waals surface area contributed by atoms with E-state index < -0.39 is 10.0 Å². The lowest BCUT2D eigenvalue weighted by Gasteiger charge is -2.27. The van der Waals surface area contributed by atoms with Crippen molar-refractivity contribution in [1.82, 2.24) is 0 Å². The Bertz CT molecular complexity index is 1060. The van der Waals surface area contributed by atoms with Crippen LogP contribution in [-0.2, 0) is 16.6 Å². The van der Waals surface area contributed by atoms with E-state index in [9.17, 15) is 8.42 Å². The third kappa shape index (κ3) is 4.02. The van der Waals surface area contributed by atoms with Crippen LogP contribution in [0.25, 0.3) is 0 Å². The van der Waals surface area contributed by atoms with Crippen LogP contribution in [0.4, 0.5) is 5.69 Å². The predicted molar refractivity (Wildman–Crippen MR) is 112 cm³/mol. The van der Waals surface area contributed by atoms with Crippen LogP contribution < -0.4 is 4.31 Å². The zero-order valence-electron chi connectivity index (χ0n) is 15.6. The van der Waals surface area contributed by atoms with Crippen LogP contribution in [0, 0.1) is 20.8 Å². The second-order valence-electron chi connectivity index (χ2n) is 6.64. The fraction of sp³-hybridized carbons (Fsp3) is 0.182. The van der Waals surface area contributed by atoms with E-state index in [0.29, 0.717) is 10.7 Å².